The monoisotopic (exact) mass is 430 g/mol. The van der Waals surface area contributed by atoms with Gasteiger partial charge in [-0.15, -0.1) is 0 Å². The lowest BCUT2D eigenvalue weighted by Crippen LogP contribution is -2.35. The summed E-state index contributed by atoms with van der Waals surface area (Å²) in [5.41, 5.74) is 5.56. The number of carboxylic acids is 1. The van der Waals surface area contributed by atoms with Gasteiger partial charge in [-0.25, -0.2) is 4.79 Å². The standard InChI is InChI=1S/C28H34N2O2/c1-19(2)25(16-20-6-4-3-5-7-20)26-17-27(26)30-24-14-12-23(13-15-24)29-18-21-8-10-22(11-9-21)28(31)32/h3-11,16,19,24,26-27,30H,12-15,17-18H2,1-2H3,(H,31,32)/b25-16+,29-23?/t24?,26-,27?/m0/s1. The van der Waals surface area contributed by atoms with Crippen LogP contribution in [0.25, 0.3) is 6.08 Å². The first kappa shape index (κ1) is 22.5. The summed E-state index contributed by atoms with van der Waals surface area (Å²) in [5.74, 6) is 0.350. The molecule has 1 unspecified atom stereocenters. The third-order valence-electron chi connectivity index (χ3n) is 6.72. The van der Waals surface area contributed by atoms with Crippen LogP contribution in [0.5, 0.6) is 0 Å². The molecule has 0 aromatic heterocycles. The molecule has 0 heterocycles. The second kappa shape index (κ2) is 10.3. The molecule has 168 valence electrons. The Morgan fingerprint density at radius 3 is 2.41 bits per heavy atom. The minimum absolute atomic E-state index is 0.325. The maximum Gasteiger partial charge on any atom is 0.335 e. The molecule has 2 atom stereocenters. The number of benzene rings is 2. The Morgan fingerprint density at radius 2 is 1.78 bits per heavy atom. The highest BCUT2D eigenvalue weighted by Crippen LogP contribution is 2.42. The zero-order valence-electron chi connectivity index (χ0n) is 19.1. The molecule has 4 nitrogen and oxygen atoms in total. The van der Waals surface area contributed by atoms with Gasteiger partial charge in [-0.2, -0.15) is 0 Å². The molecule has 0 saturated heterocycles. The van der Waals surface area contributed by atoms with Gasteiger partial charge in [0.15, 0.2) is 0 Å². The molecule has 0 spiro atoms. The summed E-state index contributed by atoms with van der Waals surface area (Å²) >= 11 is 0. The SMILES string of the molecule is CC(C)/C(=C\c1ccccc1)[C@@H]1CC1NC1CCC(=NCc2ccc(C(=O)O)cc2)CC1. The van der Waals surface area contributed by atoms with Gasteiger partial charge in [-0.05, 0) is 67.2 Å². The van der Waals surface area contributed by atoms with Gasteiger partial charge in [0, 0.05) is 17.8 Å². The fourth-order valence-corrected chi connectivity index (χ4v) is 4.73. The van der Waals surface area contributed by atoms with Crippen LogP contribution in [0.2, 0.25) is 0 Å². The van der Waals surface area contributed by atoms with Gasteiger partial charge in [0.25, 0.3) is 0 Å². The van der Waals surface area contributed by atoms with E-state index in [1.54, 1.807) is 17.7 Å². The molecule has 2 N–H and O–H groups in total. The molecule has 32 heavy (non-hydrogen) atoms. The molecule has 0 radical (unpaired) electrons. The van der Waals surface area contributed by atoms with Crippen LogP contribution in [-0.2, 0) is 6.54 Å². The van der Waals surface area contributed by atoms with E-state index < -0.39 is 5.97 Å². The number of carboxylic acid groups (broad SMARTS) is 1. The fraction of sp³-hybridized carbons (Fsp3) is 0.429. The van der Waals surface area contributed by atoms with E-state index in [9.17, 15) is 4.79 Å². The summed E-state index contributed by atoms with van der Waals surface area (Å²) in [4.78, 5) is 15.8. The van der Waals surface area contributed by atoms with Crippen molar-refractivity contribution in [1.82, 2.24) is 5.32 Å². The van der Waals surface area contributed by atoms with Crippen molar-refractivity contribution in [3.05, 3.63) is 76.9 Å². The minimum Gasteiger partial charge on any atom is -0.478 e. The Hall–Kier alpha value is -2.72. The van der Waals surface area contributed by atoms with Crippen molar-refractivity contribution in [1.29, 1.82) is 0 Å². The summed E-state index contributed by atoms with van der Waals surface area (Å²) < 4.78 is 0. The number of nitrogens with one attached hydrogen (secondary N) is 1. The molecule has 2 aromatic rings. The van der Waals surface area contributed by atoms with E-state index in [0.717, 1.165) is 31.2 Å². The van der Waals surface area contributed by atoms with Crippen LogP contribution >= 0.6 is 0 Å². The Bertz CT molecular complexity index is 966. The van der Waals surface area contributed by atoms with Crippen LogP contribution in [0, 0.1) is 11.8 Å². The third-order valence-corrected chi connectivity index (χ3v) is 6.72. The normalized spacial score (nSPS) is 23.3. The lowest BCUT2D eigenvalue weighted by molar-refractivity contribution is 0.0697. The van der Waals surface area contributed by atoms with E-state index in [0.29, 0.717) is 36.0 Å². The first-order valence-electron chi connectivity index (χ1n) is 11.9. The predicted octanol–water partition coefficient (Wildman–Crippen LogP) is 5.99. The number of hydrogen-bond donors (Lipinski definition) is 2. The maximum absolute atomic E-state index is 11.0. The van der Waals surface area contributed by atoms with Crippen molar-refractivity contribution in [2.45, 2.75) is 64.6 Å². The van der Waals surface area contributed by atoms with Crippen molar-refractivity contribution in [3.8, 4) is 0 Å². The highest BCUT2D eigenvalue weighted by molar-refractivity contribution is 5.87. The van der Waals surface area contributed by atoms with E-state index in [1.165, 1.54) is 17.7 Å². The van der Waals surface area contributed by atoms with Gasteiger partial charge in [0.05, 0.1) is 12.1 Å². The molecule has 2 aliphatic carbocycles. The second-order valence-electron chi connectivity index (χ2n) is 9.48. The van der Waals surface area contributed by atoms with E-state index in [1.807, 2.05) is 12.1 Å². The third kappa shape index (κ3) is 5.95. The second-order valence-corrected chi connectivity index (χ2v) is 9.48. The van der Waals surface area contributed by atoms with Crippen LogP contribution in [0.3, 0.4) is 0 Å². The van der Waals surface area contributed by atoms with E-state index in [4.69, 9.17) is 10.1 Å². The average Bonchev–Trinajstić information content (AvgIpc) is 3.56. The average molecular weight is 431 g/mol. The lowest BCUT2D eigenvalue weighted by Gasteiger charge is -2.25. The number of carbonyl (C=O) groups is 1. The molecule has 0 bridgehead atoms. The molecule has 2 aromatic carbocycles. The maximum atomic E-state index is 11.0. The van der Waals surface area contributed by atoms with Crippen LogP contribution in [-0.4, -0.2) is 28.9 Å². The van der Waals surface area contributed by atoms with Crippen LogP contribution in [0.4, 0.5) is 0 Å². The molecule has 0 amide bonds. The van der Waals surface area contributed by atoms with Crippen molar-refractivity contribution < 1.29 is 9.90 Å². The van der Waals surface area contributed by atoms with Crippen molar-refractivity contribution in [3.63, 3.8) is 0 Å². The van der Waals surface area contributed by atoms with Crippen LogP contribution in [0.1, 0.15) is 67.4 Å². The first-order valence-corrected chi connectivity index (χ1v) is 11.9. The predicted molar refractivity (Wildman–Crippen MR) is 131 cm³/mol. The van der Waals surface area contributed by atoms with Gasteiger partial charge in [0.1, 0.15) is 0 Å². The first-order chi connectivity index (χ1) is 15.5. The topological polar surface area (TPSA) is 61.7 Å². The number of aromatic carboxylic acids is 1. The molecule has 0 aliphatic heterocycles. The number of nitrogens with zero attached hydrogens (tertiary/aromatic N) is 1. The van der Waals surface area contributed by atoms with E-state index in [2.05, 4.69) is 55.6 Å². The summed E-state index contributed by atoms with van der Waals surface area (Å²) in [6, 6.07) is 18.9. The molecule has 2 aliphatic rings. The van der Waals surface area contributed by atoms with Crippen molar-refractivity contribution in [2.24, 2.45) is 16.8 Å². The number of rotatable bonds is 8. The summed E-state index contributed by atoms with van der Waals surface area (Å²) in [6.07, 6.45) is 8.06. The highest BCUT2D eigenvalue weighted by atomic mass is 16.4. The van der Waals surface area contributed by atoms with Gasteiger partial charge >= 0.3 is 5.97 Å². The number of hydrogen-bond acceptors (Lipinski definition) is 3. The van der Waals surface area contributed by atoms with Crippen molar-refractivity contribution >= 4 is 17.8 Å². The van der Waals surface area contributed by atoms with Gasteiger partial charge in [0.2, 0.25) is 0 Å². The molecule has 2 fully saturated rings. The Morgan fingerprint density at radius 1 is 1.09 bits per heavy atom. The zero-order chi connectivity index (χ0) is 22.5. The fourth-order valence-electron chi connectivity index (χ4n) is 4.73. The minimum atomic E-state index is -0.886. The molecular weight excluding hydrogens is 396 g/mol. The Kier molecular flexibility index (Phi) is 7.21. The number of aliphatic imine (C=N–C) groups is 1. The highest BCUT2D eigenvalue weighted by Gasteiger charge is 2.41. The largest absolute Gasteiger partial charge is 0.478 e. The van der Waals surface area contributed by atoms with E-state index in [-0.39, 0.29) is 0 Å². The summed E-state index contributed by atoms with van der Waals surface area (Å²) in [5, 5.41) is 12.9. The smallest absolute Gasteiger partial charge is 0.335 e. The Balaban J connectivity index is 1.25. The van der Waals surface area contributed by atoms with E-state index >= 15 is 0 Å². The van der Waals surface area contributed by atoms with Gasteiger partial charge < -0.3 is 10.4 Å². The zero-order valence-corrected chi connectivity index (χ0v) is 19.1. The molecule has 4 heteroatoms. The summed E-state index contributed by atoms with van der Waals surface area (Å²) in [7, 11) is 0. The van der Waals surface area contributed by atoms with Gasteiger partial charge in [-0.1, -0.05) is 68.0 Å². The summed E-state index contributed by atoms with van der Waals surface area (Å²) in [6.45, 7) is 5.26. The van der Waals surface area contributed by atoms with Crippen LogP contribution < -0.4 is 5.32 Å². The quantitative estimate of drug-likeness (QED) is 0.541. The lowest BCUT2D eigenvalue weighted by atomic mass is 9.92. The molecular formula is C28H34N2O2. The van der Waals surface area contributed by atoms with Crippen molar-refractivity contribution in [2.75, 3.05) is 0 Å². The molecule has 4 rings (SSSR count). The van der Waals surface area contributed by atoms with Crippen LogP contribution in [0.15, 0.2) is 65.2 Å². The Labute approximate surface area is 191 Å². The van der Waals surface area contributed by atoms with Gasteiger partial charge in [-0.3, -0.25) is 4.99 Å². The molecule has 2 saturated carbocycles.